The molecule has 8 heteroatoms. The van der Waals surface area contributed by atoms with Gasteiger partial charge in [-0.15, -0.1) is 0 Å². The number of aliphatic hydroxyl groups is 1. The molecule has 2 N–H and O–H groups in total. The minimum atomic E-state index is -0.150. The van der Waals surface area contributed by atoms with Crippen LogP contribution in [-0.4, -0.2) is 42.3 Å². The molecule has 0 spiro atoms. The molecule has 5 heterocycles. The first-order valence-corrected chi connectivity index (χ1v) is 11.0. The van der Waals surface area contributed by atoms with Gasteiger partial charge in [-0.3, -0.25) is 9.67 Å². The summed E-state index contributed by atoms with van der Waals surface area (Å²) in [7, 11) is 0. The maximum absolute atomic E-state index is 10.1. The number of benzene rings is 1. The predicted octanol–water partition coefficient (Wildman–Crippen LogP) is 4.09. The summed E-state index contributed by atoms with van der Waals surface area (Å²) < 4.78 is 3.95. The summed E-state index contributed by atoms with van der Waals surface area (Å²) in [6.07, 6.45) is 8.83. The molecule has 1 aliphatic rings. The molecule has 0 bridgehead atoms. The predicted molar refractivity (Wildman–Crippen MR) is 125 cm³/mol. The van der Waals surface area contributed by atoms with Crippen molar-refractivity contribution >= 4 is 28.2 Å². The van der Waals surface area contributed by atoms with Gasteiger partial charge in [0.05, 0.1) is 40.8 Å². The molecule has 0 radical (unpaired) electrons. The Balaban J connectivity index is 1.51. The fraction of sp³-hybridized carbons (Fsp3) is 0.208. The van der Waals surface area contributed by atoms with Gasteiger partial charge >= 0.3 is 0 Å². The van der Waals surface area contributed by atoms with E-state index >= 15 is 0 Å². The van der Waals surface area contributed by atoms with Gasteiger partial charge in [0.1, 0.15) is 5.65 Å². The maximum Gasteiger partial charge on any atom is 0.147 e. The molecule has 0 amide bonds. The maximum atomic E-state index is 10.1. The van der Waals surface area contributed by atoms with Crippen molar-refractivity contribution in [2.45, 2.75) is 19.1 Å². The molecule has 6 rings (SSSR count). The Morgan fingerprint density at radius 2 is 2.06 bits per heavy atom. The number of rotatable bonds is 4. The first kappa shape index (κ1) is 19.4. The Labute approximate surface area is 189 Å². The molecule has 1 atom stereocenters. The second-order valence-electron chi connectivity index (χ2n) is 8.07. The highest BCUT2D eigenvalue weighted by atomic mass is 35.5. The van der Waals surface area contributed by atoms with Crippen molar-refractivity contribution in [3.63, 3.8) is 0 Å². The third kappa shape index (κ3) is 3.09. The minimum absolute atomic E-state index is 0.150. The minimum Gasteiger partial charge on any atom is -0.390 e. The third-order valence-corrected chi connectivity index (χ3v) is 6.50. The van der Waals surface area contributed by atoms with Crippen molar-refractivity contribution < 1.29 is 5.11 Å². The molecular formula is C24H21ClN6O. The first-order valence-electron chi connectivity index (χ1n) is 10.6. The van der Waals surface area contributed by atoms with E-state index in [4.69, 9.17) is 16.6 Å². The monoisotopic (exact) mass is 444 g/mol. The van der Waals surface area contributed by atoms with Crippen LogP contribution < -0.4 is 5.32 Å². The van der Waals surface area contributed by atoms with Crippen LogP contribution in [0.2, 0.25) is 5.02 Å². The van der Waals surface area contributed by atoms with E-state index < -0.39 is 0 Å². The first-order chi connectivity index (χ1) is 15.7. The van der Waals surface area contributed by atoms with E-state index in [0.29, 0.717) is 22.5 Å². The highest BCUT2D eigenvalue weighted by Gasteiger charge is 2.19. The van der Waals surface area contributed by atoms with Gasteiger partial charge in [-0.05, 0) is 31.2 Å². The van der Waals surface area contributed by atoms with Crippen LogP contribution in [0.1, 0.15) is 18.2 Å². The van der Waals surface area contributed by atoms with Crippen LogP contribution in [0.4, 0.5) is 0 Å². The van der Waals surface area contributed by atoms with Gasteiger partial charge in [0.15, 0.2) is 0 Å². The number of aromatic nitrogens is 5. The van der Waals surface area contributed by atoms with E-state index in [2.05, 4.69) is 27.7 Å². The molecule has 1 fully saturated rings. The molecule has 5 aromatic rings. The molecule has 1 aromatic carbocycles. The molecule has 1 aliphatic heterocycles. The van der Waals surface area contributed by atoms with Gasteiger partial charge in [-0.25, -0.2) is 4.98 Å². The van der Waals surface area contributed by atoms with E-state index in [9.17, 15) is 5.11 Å². The van der Waals surface area contributed by atoms with Crippen molar-refractivity contribution in [3.05, 3.63) is 71.9 Å². The van der Waals surface area contributed by atoms with Gasteiger partial charge in [-0.2, -0.15) is 5.10 Å². The fourth-order valence-electron chi connectivity index (χ4n) is 4.48. The average Bonchev–Trinajstić information content (AvgIpc) is 3.58. The number of fused-ring (bicyclic) bond motifs is 3. The SMILES string of the molecule is OCc1c(-c2ccccc2Cl)nc2c3cc(-c4cnn([C@H]5CCNC5)c4)cnc3ccn12. The standard InChI is InChI=1S/C24H21ClN6O/c25-20-4-2-1-3-18(20)23-22(14-32)30-8-6-21-19(24(30)29-23)9-15(10-27-21)16-11-28-31(13-16)17-5-7-26-12-17/h1-4,6,8-11,13,17,26,32H,5,7,12,14H2/t17-/m0/s1. The van der Waals surface area contributed by atoms with Crippen LogP contribution in [0.15, 0.2) is 61.2 Å². The zero-order valence-corrected chi connectivity index (χ0v) is 18.0. The van der Waals surface area contributed by atoms with Crippen molar-refractivity contribution in [3.8, 4) is 22.4 Å². The summed E-state index contributed by atoms with van der Waals surface area (Å²) in [6.45, 7) is 1.82. The number of nitrogens with zero attached hydrogens (tertiary/aromatic N) is 5. The van der Waals surface area contributed by atoms with Gasteiger partial charge in [0.25, 0.3) is 0 Å². The van der Waals surface area contributed by atoms with E-state index in [1.165, 1.54) is 0 Å². The molecule has 1 saturated heterocycles. The summed E-state index contributed by atoms with van der Waals surface area (Å²) in [4.78, 5) is 9.57. The smallest absolute Gasteiger partial charge is 0.147 e. The largest absolute Gasteiger partial charge is 0.390 e. The Morgan fingerprint density at radius 3 is 2.88 bits per heavy atom. The Hall–Kier alpha value is -3.26. The lowest BCUT2D eigenvalue weighted by Gasteiger charge is -2.08. The molecule has 160 valence electrons. The number of aliphatic hydroxyl groups excluding tert-OH is 1. The normalized spacial score (nSPS) is 16.4. The fourth-order valence-corrected chi connectivity index (χ4v) is 4.70. The van der Waals surface area contributed by atoms with Crippen molar-refractivity contribution in [1.82, 2.24) is 29.5 Å². The molecule has 0 aliphatic carbocycles. The average molecular weight is 445 g/mol. The zero-order valence-electron chi connectivity index (χ0n) is 17.2. The molecule has 32 heavy (non-hydrogen) atoms. The third-order valence-electron chi connectivity index (χ3n) is 6.17. The van der Waals surface area contributed by atoms with Gasteiger partial charge in [-0.1, -0.05) is 29.8 Å². The van der Waals surface area contributed by atoms with Crippen LogP contribution in [0.3, 0.4) is 0 Å². The Bertz CT molecular complexity index is 1450. The summed E-state index contributed by atoms with van der Waals surface area (Å²) in [5, 5.41) is 19.6. The molecule has 4 aromatic heterocycles. The lowest BCUT2D eigenvalue weighted by Crippen LogP contribution is -2.13. The van der Waals surface area contributed by atoms with Crippen LogP contribution in [0.25, 0.3) is 38.9 Å². The van der Waals surface area contributed by atoms with Crippen LogP contribution in [-0.2, 0) is 6.61 Å². The van der Waals surface area contributed by atoms with E-state index in [1.54, 1.807) is 0 Å². The number of nitrogens with one attached hydrogen (secondary N) is 1. The van der Waals surface area contributed by atoms with Gasteiger partial charge < -0.3 is 14.8 Å². The van der Waals surface area contributed by atoms with Gasteiger partial charge in [0, 0.05) is 47.2 Å². The number of hydrogen-bond acceptors (Lipinski definition) is 5. The summed E-state index contributed by atoms with van der Waals surface area (Å²) in [6, 6.07) is 12.0. The second kappa shape index (κ2) is 7.70. The zero-order chi connectivity index (χ0) is 21.7. The molecule has 0 saturated carbocycles. The van der Waals surface area contributed by atoms with Crippen molar-refractivity contribution in [2.75, 3.05) is 13.1 Å². The Kier molecular flexibility index (Phi) is 4.68. The van der Waals surface area contributed by atoms with Crippen molar-refractivity contribution in [2.24, 2.45) is 0 Å². The van der Waals surface area contributed by atoms with Crippen LogP contribution in [0.5, 0.6) is 0 Å². The quantitative estimate of drug-likeness (QED) is 0.436. The second-order valence-corrected chi connectivity index (χ2v) is 8.47. The number of halogens is 1. The van der Waals surface area contributed by atoms with E-state index in [1.807, 2.05) is 58.0 Å². The highest BCUT2D eigenvalue weighted by molar-refractivity contribution is 6.33. The van der Waals surface area contributed by atoms with Crippen molar-refractivity contribution in [1.29, 1.82) is 0 Å². The lowest BCUT2D eigenvalue weighted by molar-refractivity contribution is 0.276. The van der Waals surface area contributed by atoms with Crippen LogP contribution in [0, 0.1) is 0 Å². The molecule has 0 unspecified atom stereocenters. The summed E-state index contributed by atoms with van der Waals surface area (Å²) in [5.41, 5.74) is 5.76. The highest BCUT2D eigenvalue weighted by Crippen LogP contribution is 2.33. The lowest BCUT2D eigenvalue weighted by atomic mass is 10.1. The number of imidazole rings is 1. The van der Waals surface area contributed by atoms with Gasteiger partial charge in [0.2, 0.25) is 0 Å². The number of hydrogen-bond donors (Lipinski definition) is 2. The Morgan fingerprint density at radius 1 is 1.16 bits per heavy atom. The van der Waals surface area contributed by atoms with E-state index in [-0.39, 0.29) is 6.61 Å². The number of pyridine rings is 2. The topological polar surface area (TPSA) is 80.3 Å². The molecular weight excluding hydrogens is 424 g/mol. The summed E-state index contributed by atoms with van der Waals surface area (Å²) >= 11 is 6.44. The molecule has 7 nitrogen and oxygen atoms in total. The van der Waals surface area contributed by atoms with E-state index in [0.717, 1.165) is 52.8 Å². The summed E-state index contributed by atoms with van der Waals surface area (Å²) in [5.74, 6) is 0. The van der Waals surface area contributed by atoms with Crippen LogP contribution >= 0.6 is 11.6 Å².